The molecule has 0 saturated heterocycles. The van der Waals surface area contributed by atoms with Gasteiger partial charge < -0.3 is 16.3 Å². The molecule has 0 bridgehead atoms. The molecule has 0 heterocycles. The number of benzene rings is 1. The lowest BCUT2D eigenvalue weighted by molar-refractivity contribution is -0.118. The van der Waals surface area contributed by atoms with E-state index in [-0.39, 0.29) is 11.7 Å². The van der Waals surface area contributed by atoms with Gasteiger partial charge in [-0.25, -0.2) is 0 Å². The van der Waals surface area contributed by atoms with Gasteiger partial charge >= 0.3 is 0 Å². The van der Waals surface area contributed by atoms with E-state index in [1.165, 1.54) is 0 Å². The van der Waals surface area contributed by atoms with Gasteiger partial charge in [-0.1, -0.05) is 38.1 Å². The normalized spacial score (nSPS) is 13.4. The lowest BCUT2D eigenvalue weighted by Crippen LogP contribution is -2.34. The molecule has 5 heteroatoms. The average molecular weight is 263 g/mol. The van der Waals surface area contributed by atoms with Gasteiger partial charge in [0, 0.05) is 5.69 Å². The van der Waals surface area contributed by atoms with Crippen molar-refractivity contribution in [3.63, 3.8) is 0 Å². The van der Waals surface area contributed by atoms with Gasteiger partial charge in [-0.15, -0.1) is 0 Å². The summed E-state index contributed by atoms with van der Waals surface area (Å²) in [6, 6.07) is 7.67. The number of carbonyl (C=O) groups excluding carboxylic acids is 1. The summed E-state index contributed by atoms with van der Waals surface area (Å²) in [6.45, 7) is 5.99. The summed E-state index contributed by atoms with van der Waals surface area (Å²) in [5.41, 5.74) is 7.37. The Morgan fingerprint density at radius 3 is 2.68 bits per heavy atom. The molecule has 1 atom stereocenters. The minimum Gasteiger partial charge on any atom is -0.409 e. The number of rotatable bonds is 5. The topological polar surface area (TPSA) is 87.7 Å². The van der Waals surface area contributed by atoms with E-state index >= 15 is 0 Å². The van der Waals surface area contributed by atoms with Crippen molar-refractivity contribution in [3.05, 3.63) is 29.8 Å². The van der Waals surface area contributed by atoms with Crippen LogP contribution in [-0.2, 0) is 4.79 Å². The van der Waals surface area contributed by atoms with Crippen LogP contribution in [0, 0.1) is 5.92 Å². The van der Waals surface area contributed by atoms with Crippen molar-refractivity contribution in [2.45, 2.75) is 33.1 Å². The molecule has 0 aliphatic rings. The maximum Gasteiger partial charge on any atom is 0.235 e. The van der Waals surface area contributed by atoms with Crippen LogP contribution in [0.15, 0.2) is 29.4 Å². The summed E-state index contributed by atoms with van der Waals surface area (Å²) in [5, 5.41) is 14.3. The second-order valence-electron chi connectivity index (χ2n) is 4.76. The number of hydrogen-bond donors (Lipinski definition) is 3. The van der Waals surface area contributed by atoms with Crippen LogP contribution >= 0.6 is 0 Å². The third kappa shape index (κ3) is 3.98. The summed E-state index contributed by atoms with van der Waals surface area (Å²) in [6.07, 6.45) is 0.478. The Hall–Kier alpha value is -2.04. The van der Waals surface area contributed by atoms with Crippen molar-refractivity contribution in [3.8, 4) is 0 Å². The zero-order valence-electron chi connectivity index (χ0n) is 11.6. The summed E-state index contributed by atoms with van der Waals surface area (Å²) >= 11 is 0. The van der Waals surface area contributed by atoms with Crippen LogP contribution in [-0.4, -0.2) is 17.0 Å². The monoisotopic (exact) mass is 263 g/mol. The van der Waals surface area contributed by atoms with Crippen LogP contribution in [0.1, 0.15) is 38.7 Å². The van der Waals surface area contributed by atoms with Crippen LogP contribution in [0.2, 0.25) is 0 Å². The van der Waals surface area contributed by atoms with Gasteiger partial charge in [0.25, 0.3) is 0 Å². The van der Waals surface area contributed by atoms with Crippen molar-refractivity contribution >= 4 is 17.4 Å². The van der Waals surface area contributed by atoms with Crippen LogP contribution in [0.4, 0.5) is 5.69 Å². The predicted octanol–water partition coefficient (Wildman–Crippen LogP) is 2.52. The quantitative estimate of drug-likeness (QED) is 0.330. The Morgan fingerprint density at radius 1 is 1.47 bits per heavy atom. The second kappa shape index (κ2) is 6.78. The molecule has 0 aliphatic carbocycles. The van der Waals surface area contributed by atoms with E-state index < -0.39 is 5.92 Å². The molecule has 5 nitrogen and oxygen atoms in total. The minimum absolute atomic E-state index is 0.0694. The fourth-order valence-electron chi connectivity index (χ4n) is 1.80. The highest BCUT2D eigenvalue weighted by Crippen LogP contribution is 2.19. The van der Waals surface area contributed by atoms with Crippen molar-refractivity contribution in [1.29, 1.82) is 0 Å². The van der Waals surface area contributed by atoms with Crippen molar-refractivity contribution in [1.82, 2.24) is 0 Å². The van der Waals surface area contributed by atoms with Gasteiger partial charge in [-0.05, 0) is 30.0 Å². The smallest absolute Gasteiger partial charge is 0.235 e. The number of nitrogens with two attached hydrogens (primary N) is 1. The van der Waals surface area contributed by atoms with E-state index in [0.29, 0.717) is 12.3 Å². The molecule has 1 rings (SSSR count). The Kier molecular flexibility index (Phi) is 5.36. The minimum atomic E-state index is -0.618. The molecule has 104 valence electrons. The van der Waals surface area contributed by atoms with E-state index in [1.807, 2.05) is 31.2 Å². The number of nitrogens with one attached hydrogen (secondary N) is 1. The average Bonchev–Trinajstić information content (AvgIpc) is 2.39. The van der Waals surface area contributed by atoms with Gasteiger partial charge in [0.05, 0.1) is 5.92 Å². The molecule has 4 N–H and O–H groups in total. The Bertz CT molecular complexity index is 470. The predicted molar refractivity (Wildman–Crippen MR) is 76.4 cm³/mol. The molecule has 0 saturated carbocycles. The maximum atomic E-state index is 12.0. The molecule has 0 fully saturated rings. The number of oxime groups is 1. The van der Waals surface area contributed by atoms with Crippen molar-refractivity contribution in [2.24, 2.45) is 16.8 Å². The van der Waals surface area contributed by atoms with Crippen molar-refractivity contribution in [2.75, 3.05) is 5.32 Å². The molecule has 0 aromatic heterocycles. The fourth-order valence-corrected chi connectivity index (χ4v) is 1.80. The summed E-state index contributed by atoms with van der Waals surface area (Å²) in [4.78, 5) is 12.0. The Balaban J connectivity index is 2.84. The third-order valence-electron chi connectivity index (χ3n) is 3.02. The molecule has 1 unspecified atom stereocenters. The summed E-state index contributed by atoms with van der Waals surface area (Å²) in [5.74, 6) is -0.561. The number of anilines is 1. The number of amidine groups is 1. The van der Waals surface area contributed by atoms with Crippen LogP contribution in [0.25, 0.3) is 0 Å². The highest BCUT2D eigenvalue weighted by Gasteiger charge is 2.21. The molecule has 0 aliphatic heterocycles. The number of amides is 1. The van der Waals surface area contributed by atoms with Gasteiger partial charge in [-0.3, -0.25) is 4.79 Å². The second-order valence-corrected chi connectivity index (χ2v) is 4.76. The number of hydrogen-bond acceptors (Lipinski definition) is 3. The molecule has 1 aromatic rings. The van der Waals surface area contributed by atoms with Crippen LogP contribution < -0.4 is 11.1 Å². The van der Waals surface area contributed by atoms with Crippen LogP contribution in [0.5, 0.6) is 0 Å². The largest absolute Gasteiger partial charge is 0.409 e. The lowest BCUT2D eigenvalue weighted by atomic mass is 10.0. The number of carbonyl (C=O) groups is 1. The first-order chi connectivity index (χ1) is 8.99. The molecule has 0 spiro atoms. The molecule has 0 radical (unpaired) electrons. The molecule has 19 heavy (non-hydrogen) atoms. The Labute approximate surface area is 113 Å². The van der Waals surface area contributed by atoms with Gasteiger partial charge in [0.15, 0.2) is 5.84 Å². The molecule has 1 aromatic carbocycles. The first kappa shape index (κ1) is 15.0. The highest BCUT2D eigenvalue weighted by molar-refractivity contribution is 6.07. The first-order valence-corrected chi connectivity index (χ1v) is 6.37. The van der Waals surface area contributed by atoms with Gasteiger partial charge in [0.2, 0.25) is 5.91 Å². The lowest BCUT2D eigenvalue weighted by Gasteiger charge is -2.14. The molecular formula is C14H21N3O2. The Morgan fingerprint density at radius 2 is 2.16 bits per heavy atom. The molecular weight excluding hydrogens is 242 g/mol. The third-order valence-corrected chi connectivity index (χ3v) is 3.02. The van der Waals surface area contributed by atoms with E-state index in [2.05, 4.69) is 24.3 Å². The summed E-state index contributed by atoms with van der Waals surface area (Å²) < 4.78 is 0. The van der Waals surface area contributed by atoms with Crippen LogP contribution in [0.3, 0.4) is 0 Å². The fraction of sp³-hybridized carbons (Fsp3) is 0.429. The molecule has 1 amide bonds. The van der Waals surface area contributed by atoms with E-state index in [9.17, 15) is 4.79 Å². The summed E-state index contributed by atoms with van der Waals surface area (Å²) in [7, 11) is 0. The number of nitrogens with zero attached hydrogens (tertiary/aromatic N) is 1. The first-order valence-electron chi connectivity index (χ1n) is 6.37. The van der Waals surface area contributed by atoms with E-state index in [0.717, 1.165) is 11.3 Å². The zero-order chi connectivity index (χ0) is 14.4. The van der Waals surface area contributed by atoms with E-state index in [4.69, 9.17) is 10.9 Å². The van der Waals surface area contributed by atoms with Gasteiger partial charge in [-0.2, -0.15) is 0 Å². The standard InChI is InChI=1S/C14H21N3O2/c1-4-12(13(15)17-19)14(18)16-11-7-5-6-10(8-11)9(2)3/h5-9,12,19H,4H2,1-3H3,(H2,15,17)(H,16,18). The zero-order valence-corrected chi connectivity index (χ0v) is 11.6. The maximum absolute atomic E-state index is 12.0. The highest BCUT2D eigenvalue weighted by atomic mass is 16.4. The van der Waals surface area contributed by atoms with E-state index in [1.54, 1.807) is 0 Å². The SMILES string of the molecule is CCC(C(=O)Nc1cccc(C(C)C)c1)C(N)=NO. The van der Waals surface area contributed by atoms with Crippen molar-refractivity contribution < 1.29 is 10.0 Å². The van der Waals surface area contributed by atoms with Gasteiger partial charge in [0.1, 0.15) is 0 Å².